The first-order valence-corrected chi connectivity index (χ1v) is 15.8. The molecule has 0 radical (unpaired) electrons. The van der Waals surface area contributed by atoms with E-state index < -0.39 is 0 Å². The lowest BCUT2D eigenvalue weighted by Crippen LogP contribution is -2.39. The van der Waals surface area contributed by atoms with Crippen LogP contribution in [-0.4, -0.2) is 144 Å². The quantitative estimate of drug-likeness (QED) is 0.287. The molecule has 0 bridgehead atoms. The number of likely N-dealkylation sites (N-methyl/N-ethyl adjacent to an activating group) is 2. The van der Waals surface area contributed by atoms with Crippen molar-refractivity contribution in [1.29, 1.82) is 0 Å². The molecule has 0 saturated carbocycles. The van der Waals surface area contributed by atoms with Crippen molar-refractivity contribution in [3.8, 4) is 0 Å². The highest BCUT2D eigenvalue weighted by molar-refractivity contribution is 7.80. The molecule has 2 amide bonds. The van der Waals surface area contributed by atoms with E-state index in [4.69, 9.17) is 33.9 Å². The highest BCUT2D eigenvalue weighted by atomic mass is 32.1. The summed E-state index contributed by atoms with van der Waals surface area (Å²) < 4.78 is 10.8. The molecule has 13 heteroatoms. The fourth-order valence-corrected chi connectivity index (χ4v) is 6.79. The van der Waals surface area contributed by atoms with Crippen LogP contribution in [0.4, 0.5) is 0 Å². The van der Waals surface area contributed by atoms with Gasteiger partial charge in [-0.3, -0.25) is 29.2 Å². The molecule has 1 aromatic rings. The Hall–Kier alpha value is -2.26. The minimum atomic E-state index is -0.0726. The van der Waals surface area contributed by atoms with E-state index in [9.17, 15) is 9.59 Å². The van der Waals surface area contributed by atoms with Crippen LogP contribution < -0.4 is 0 Å². The number of hydrogen-bond donors (Lipinski definition) is 0. The van der Waals surface area contributed by atoms with Crippen LogP contribution in [0.2, 0.25) is 0 Å². The second kappa shape index (κ2) is 13.8. The van der Waals surface area contributed by atoms with Gasteiger partial charge in [0.25, 0.3) is 11.8 Å². The van der Waals surface area contributed by atoms with Crippen LogP contribution in [-0.2, 0) is 19.1 Å². The molecule has 4 aliphatic heterocycles. The smallest absolute Gasteiger partial charge is 0.276 e. The molecule has 10 nitrogen and oxygen atoms in total. The summed E-state index contributed by atoms with van der Waals surface area (Å²) in [7, 11) is 3.68. The maximum atomic E-state index is 13.3. The Bertz CT molecular complexity index is 1130. The molecule has 4 saturated heterocycles. The molecule has 222 valence electrons. The summed E-state index contributed by atoms with van der Waals surface area (Å²) in [5, 5.41) is 1.06. The summed E-state index contributed by atoms with van der Waals surface area (Å²) in [6.45, 7) is 9.81. The first-order chi connectivity index (χ1) is 19.8. The molecule has 4 aliphatic rings. The Morgan fingerprint density at radius 1 is 0.707 bits per heavy atom. The molecule has 41 heavy (non-hydrogen) atoms. The fraction of sp³-hybridized carbons (Fsp3) is 0.571. The number of amides is 2. The van der Waals surface area contributed by atoms with Crippen LogP contribution in [0.1, 0.15) is 22.6 Å². The average Bonchev–Trinajstić information content (AvgIpc) is 3.58. The zero-order valence-electron chi connectivity index (χ0n) is 23.7. The van der Waals surface area contributed by atoms with E-state index in [-0.39, 0.29) is 11.8 Å². The maximum Gasteiger partial charge on any atom is 0.276 e. The summed E-state index contributed by atoms with van der Waals surface area (Å²) in [5.74, 6) is -0.145. The molecule has 0 aromatic carbocycles. The third-order valence-corrected chi connectivity index (χ3v) is 9.78. The highest BCUT2D eigenvalue weighted by Gasteiger charge is 2.36. The zero-order valence-corrected chi connectivity index (χ0v) is 26.2. The molecule has 4 fully saturated rings. The van der Waals surface area contributed by atoms with Crippen molar-refractivity contribution in [2.45, 2.75) is 12.8 Å². The normalized spacial score (nSPS) is 23.4. The van der Waals surface area contributed by atoms with Gasteiger partial charge in [0, 0.05) is 76.2 Å². The van der Waals surface area contributed by atoms with Gasteiger partial charge in [-0.25, -0.2) is 0 Å². The number of rotatable bonds is 10. The second-order valence-electron chi connectivity index (χ2n) is 10.5. The minimum absolute atomic E-state index is 0.0726. The SMILES string of the molecule is CN1C(=S)N(CCCN2CCOCC2)C(=O)/C1=C/c1ccc(/C=C2/C(=O)N(CCCN3CCOCC3)C(=S)N2C)s1. The molecular formula is C28H38N6O4S3. The lowest BCUT2D eigenvalue weighted by molar-refractivity contribution is -0.123. The van der Waals surface area contributed by atoms with Crippen molar-refractivity contribution in [1.82, 2.24) is 29.4 Å². The standard InChI is InChI=1S/C28H38N6O4S3/c1-29-23(25(35)33(27(29)39)9-3-7-31-11-15-37-16-12-31)19-21-5-6-22(41-21)20-24-26(36)34(28(40)30(24)2)10-4-8-32-13-17-38-18-14-32/h5-6,19-20H,3-4,7-18H2,1-2H3/b23-19-,24-20-. The van der Waals surface area contributed by atoms with Crippen LogP contribution in [0, 0.1) is 0 Å². The number of morpholine rings is 2. The van der Waals surface area contributed by atoms with Crippen LogP contribution >= 0.6 is 35.8 Å². The van der Waals surface area contributed by atoms with Crippen molar-refractivity contribution in [2.75, 3.05) is 92.9 Å². The monoisotopic (exact) mass is 618 g/mol. The van der Waals surface area contributed by atoms with Gasteiger partial charge in [0.15, 0.2) is 10.2 Å². The van der Waals surface area contributed by atoms with Gasteiger partial charge < -0.3 is 19.3 Å². The summed E-state index contributed by atoms with van der Waals surface area (Å²) >= 11 is 12.7. The lowest BCUT2D eigenvalue weighted by atomic mass is 10.3. The van der Waals surface area contributed by atoms with Gasteiger partial charge in [0.05, 0.1) is 26.4 Å². The van der Waals surface area contributed by atoms with Gasteiger partial charge in [-0.05, 0) is 61.6 Å². The Morgan fingerprint density at radius 3 is 1.49 bits per heavy atom. The van der Waals surface area contributed by atoms with Crippen molar-refractivity contribution in [3.63, 3.8) is 0 Å². The maximum absolute atomic E-state index is 13.3. The van der Waals surface area contributed by atoms with Gasteiger partial charge in [-0.15, -0.1) is 11.3 Å². The topological polar surface area (TPSA) is 72.0 Å². The van der Waals surface area contributed by atoms with Crippen LogP contribution in [0.5, 0.6) is 0 Å². The van der Waals surface area contributed by atoms with E-state index in [1.54, 1.807) is 19.6 Å². The van der Waals surface area contributed by atoms with E-state index in [0.717, 1.165) is 88.3 Å². The summed E-state index contributed by atoms with van der Waals surface area (Å²) in [4.78, 5) is 40.0. The van der Waals surface area contributed by atoms with Crippen LogP contribution in [0.25, 0.3) is 12.2 Å². The first kappa shape index (κ1) is 30.2. The number of hydrogen-bond acceptors (Lipinski definition) is 9. The molecule has 1 aromatic heterocycles. The number of carbonyl (C=O) groups excluding carboxylic acids is 2. The third-order valence-electron chi connectivity index (χ3n) is 7.81. The summed E-state index contributed by atoms with van der Waals surface area (Å²) in [6.07, 6.45) is 5.48. The largest absolute Gasteiger partial charge is 0.379 e. The number of nitrogens with zero attached hydrogens (tertiary/aromatic N) is 6. The Balaban J connectivity index is 1.19. The van der Waals surface area contributed by atoms with E-state index in [2.05, 4.69) is 9.80 Å². The number of ether oxygens (including phenoxy) is 2. The van der Waals surface area contributed by atoms with Gasteiger partial charge in [-0.1, -0.05) is 0 Å². The predicted octanol–water partition coefficient (Wildman–Crippen LogP) is 1.99. The summed E-state index contributed by atoms with van der Waals surface area (Å²) in [6, 6.07) is 3.93. The molecule has 0 N–H and O–H groups in total. The molecule has 0 aliphatic carbocycles. The molecular weight excluding hydrogens is 581 g/mol. The Morgan fingerprint density at radius 2 is 1.10 bits per heavy atom. The zero-order chi connectivity index (χ0) is 28.9. The molecule has 0 unspecified atom stereocenters. The number of carbonyl (C=O) groups is 2. The average molecular weight is 619 g/mol. The van der Waals surface area contributed by atoms with Gasteiger partial charge in [0.1, 0.15) is 11.4 Å². The number of thiophene rings is 1. The van der Waals surface area contributed by atoms with Crippen molar-refractivity contribution in [2.24, 2.45) is 0 Å². The van der Waals surface area contributed by atoms with Crippen molar-refractivity contribution in [3.05, 3.63) is 33.3 Å². The van der Waals surface area contributed by atoms with E-state index >= 15 is 0 Å². The second-order valence-corrected chi connectivity index (χ2v) is 12.4. The lowest BCUT2D eigenvalue weighted by Gasteiger charge is -2.27. The van der Waals surface area contributed by atoms with Crippen molar-refractivity contribution < 1.29 is 19.1 Å². The Labute approximate surface area is 256 Å². The first-order valence-electron chi connectivity index (χ1n) is 14.2. The van der Waals surface area contributed by atoms with Gasteiger partial charge in [0.2, 0.25) is 0 Å². The van der Waals surface area contributed by atoms with Gasteiger partial charge in [-0.2, -0.15) is 0 Å². The van der Waals surface area contributed by atoms with Crippen LogP contribution in [0.15, 0.2) is 23.5 Å². The van der Waals surface area contributed by atoms with E-state index in [0.29, 0.717) is 34.7 Å². The van der Waals surface area contributed by atoms with E-state index in [1.807, 2.05) is 38.4 Å². The third kappa shape index (κ3) is 7.04. The van der Waals surface area contributed by atoms with Crippen molar-refractivity contribution >= 4 is 70.0 Å². The predicted molar refractivity (Wildman–Crippen MR) is 168 cm³/mol. The highest BCUT2D eigenvalue weighted by Crippen LogP contribution is 2.29. The number of thiocarbonyl (C=S) groups is 2. The molecule has 0 spiro atoms. The molecule has 5 rings (SSSR count). The van der Waals surface area contributed by atoms with E-state index in [1.165, 1.54) is 11.3 Å². The minimum Gasteiger partial charge on any atom is -0.379 e. The van der Waals surface area contributed by atoms with Crippen LogP contribution in [0.3, 0.4) is 0 Å². The molecule has 0 atom stereocenters. The Kier molecular flexibility index (Phi) is 10.2. The summed E-state index contributed by atoms with van der Waals surface area (Å²) in [5.41, 5.74) is 1.12. The van der Waals surface area contributed by atoms with Gasteiger partial charge >= 0.3 is 0 Å². The molecule has 5 heterocycles. The fourth-order valence-electron chi connectivity index (χ4n) is 5.36.